The van der Waals surface area contributed by atoms with E-state index in [0.717, 1.165) is 31.2 Å². The summed E-state index contributed by atoms with van der Waals surface area (Å²) in [6, 6.07) is 1.17. The number of carbonyl (C=O) groups is 2. The van der Waals surface area contributed by atoms with Crippen LogP contribution in [0.5, 0.6) is 0 Å². The first-order valence-electron chi connectivity index (χ1n) is 7.55. The van der Waals surface area contributed by atoms with Gasteiger partial charge < -0.3 is 10.0 Å². The van der Waals surface area contributed by atoms with Gasteiger partial charge in [0.15, 0.2) is 0 Å². The van der Waals surface area contributed by atoms with Crippen molar-refractivity contribution in [3.05, 3.63) is 29.6 Å². The fraction of sp³-hybridized carbons (Fsp3) is 0.562. The number of likely N-dealkylation sites (tertiary alicyclic amines) is 1. The van der Waals surface area contributed by atoms with Crippen molar-refractivity contribution in [1.29, 1.82) is 0 Å². The van der Waals surface area contributed by atoms with Gasteiger partial charge in [-0.05, 0) is 43.7 Å². The van der Waals surface area contributed by atoms with Crippen LogP contribution in [0.4, 0.5) is 0 Å². The normalized spacial score (nSPS) is 28.2. The third kappa shape index (κ3) is 2.52. The molecule has 2 aliphatic rings. The third-order valence-electron chi connectivity index (χ3n) is 4.73. The number of rotatable bonds is 2. The largest absolute Gasteiger partial charge is 0.480 e. The van der Waals surface area contributed by atoms with Crippen LogP contribution in [0.15, 0.2) is 18.5 Å². The highest BCUT2D eigenvalue weighted by Crippen LogP contribution is 2.40. The van der Waals surface area contributed by atoms with Gasteiger partial charge in [-0.15, -0.1) is 0 Å². The summed E-state index contributed by atoms with van der Waals surface area (Å²) in [4.78, 5) is 30.0. The van der Waals surface area contributed by atoms with Gasteiger partial charge in [0.25, 0.3) is 5.91 Å². The molecule has 0 radical (unpaired) electrons. The third-order valence-corrected chi connectivity index (χ3v) is 4.73. The number of fused-ring (bicyclic) bond motifs is 1. The minimum atomic E-state index is -0.890. The van der Waals surface area contributed by atoms with Gasteiger partial charge in [-0.25, -0.2) is 4.79 Å². The van der Waals surface area contributed by atoms with E-state index in [-0.39, 0.29) is 11.9 Å². The lowest BCUT2D eigenvalue weighted by molar-refractivity contribution is -0.141. The maximum absolute atomic E-state index is 12.8. The van der Waals surface area contributed by atoms with Gasteiger partial charge in [-0.3, -0.25) is 9.78 Å². The Labute approximate surface area is 124 Å². The Hall–Kier alpha value is -1.91. The molecule has 3 atom stereocenters. The summed E-state index contributed by atoms with van der Waals surface area (Å²) in [5, 5.41) is 9.47. The van der Waals surface area contributed by atoms with E-state index >= 15 is 0 Å². The van der Waals surface area contributed by atoms with Crippen LogP contribution in [-0.2, 0) is 4.79 Å². The molecular formula is C16H20N2O3. The summed E-state index contributed by atoms with van der Waals surface area (Å²) in [6.07, 6.45) is 7.98. The molecule has 3 unspecified atom stereocenters. The van der Waals surface area contributed by atoms with E-state index in [0.29, 0.717) is 17.9 Å². The summed E-state index contributed by atoms with van der Waals surface area (Å²) in [6.45, 7) is 1.88. The molecule has 112 valence electrons. The SMILES string of the molecule is Cc1cncc(C(=O)N2C(C(=O)O)CC3CCCCC32)c1. The molecule has 1 N–H and O–H groups in total. The molecule has 1 aliphatic carbocycles. The zero-order valence-corrected chi connectivity index (χ0v) is 12.2. The highest BCUT2D eigenvalue weighted by Gasteiger charge is 2.47. The number of hydrogen-bond donors (Lipinski definition) is 1. The van der Waals surface area contributed by atoms with Crippen LogP contribution in [0, 0.1) is 12.8 Å². The Morgan fingerprint density at radius 1 is 1.29 bits per heavy atom. The number of hydrogen-bond acceptors (Lipinski definition) is 3. The van der Waals surface area contributed by atoms with Crippen LogP contribution in [0.3, 0.4) is 0 Å². The van der Waals surface area contributed by atoms with Crippen LogP contribution >= 0.6 is 0 Å². The molecule has 1 aliphatic heterocycles. The second-order valence-electron chi connectivity index (χ2n) is 6.17. The molecule has 21 heavy (non-hydrogen) atoms. The average Bonchev–Trinajstić information content (AvgIpc) is 2.86. The molecule has 1 saturated heterocycles. The fourth-order valence-electron chi connectivity index (χ4n) is 3.79. The molecule has 0 bridgehead atoms. The van der Waals surface area contributed by atoms with Crippen LogP contribution in [0.25, 0.3) is 0 Å². The van der Waals surface area contributed by atoms with Crippen LogP contribution in [0.2, 0.25) is 0 Å². The summed E-state index contributed by atoms with van der Waals surface area (Å²) in [5.74, 6) is -0.743. The van der Waals surface area contributed by atoms with Gasteiger partial charge in [0.1, 0.15) is 6.04 Å². The van der Waals surface area contributed by atoms with E-state index in [4.69, 9.17) is 0 Å². The van der Waals surface area contributed by atoms with E-state index in [1.807, 2.05) is 6.92 Å². The first-order chi connectivity index (χ1) is 10.1. The zero-order valence-electron chi connectivity index (χ0n) is 12.2. The molecule has 0 spiro atoms. The standard InChI is InChI=1S/C16H20N2O3/c1-10-6-12(9-17-8-10)15(19)18-13-5-3-2-4-11(13)7-14(18)16(20)21/h6,8-9,11,13-14H,2-5,7H2,1H3,(H,20,21). The second kappa shape index (κ2) is 5.47. The average molecular weight is 288 g/mol. The molecule has 1 aromatic rings. The molecule has 3 rings (SSSR count). The lowest BCUT2D eigenvalue weighted by atomic mass is 9.84. The number of carboxylic acids is 1. The highest BCUT2D eigenvalue weighted by molar-refractivity contribution is 5.97. The number of carbonyl (C=O) groups excluding carboxylic acids is 1. The zero-order chi connectivity index (χ0) is 15.0. The Balaban J connectivity index is 1.92. The van der Waals surface area contributed by atoms with E-state index in [1.54, 1.807) is 17.2 Å². The molecule has 1 saturated carbocycles. The number of aliphatic carboxylic acids is 1. The van der Waals surface area contributed by atoms with E-state index in [9.17, 15) is 14.7 Å². The van der Waals surface area contributed by atoms with Gasteiger partial charge in [0.2, 0.25) is 0 Å². The second-order valence-corrected chi connectivity index (χ2v) is 6.17. The minimum Gasteiger partial charge on any atom is -0.480 e. The van der Waals surface area contributed by atoms with Crippen molar-refractivity contribution in [3.63, 3.8) is 0 Å². The number of aromatic nitrogens is 1. The quantitative estimate of drug-likeness (QED) is 0.906. The van der Waals surface area contributed by atoms with Crippen molar-refractivity contribution < 1.29 is 14.7 Å². The molecule has 1 aromatic heterocycles. The van der Waals surface area contributed by atoms with Crippen LogP contribution < -0.4 is 0 Å². The lowest BCUT2D eigenvalue weighted by Crippen LogP contribution is -2.46. The number of carboxylic acid groups (broad SMARTS) is 1. The van der Waals surface area contributed by atoms with E-state index in [1.165, 1.54) is 6.20 Å². The smallest absolute Gasteiger partial charge is 0.326 e. The topological polar surface area (TPSA) is 70.5 Å². The summed E-state index contributed by atoms with van der Waals surface area (Å²) < 4.78 is 0. The highest BCUT2D eigenvalue weighted by atomic mass is 16.4. The van der Waals surface area contributed by atoms with Crippen molar-refractivity contribution in [1.82, 2.24) is 9.88 Å². The summed E-state index contributed by atoms with van der Waals surface area (Å²) in [7, 11) is 0. The van der Waals surface area contributed by atoms with Gasteiger partial charge in [0, 0.05) is 18.4 Å². The van der Waals surface area contributed by atoms with Gasteiger partial charge >= 0.3 is 5.97 Å². The van der Waals surface area contributed by atoms with Crippen molar-refractivity contribution in [2.24, 2.45) is 5.92 Å². The molecular weight excluding hydrogens is 268 g/mol. The summed E-state index contributed by atoms with van der Waals surface area (Å²) >= 11 is 0. The fourth-order valence-corrected chi connectivity index (χ4v) is 3.79. The van der Waals surface area contributed by atoms with Crippen molar-refractivity contribution in [2.75, 3.05) is 0 Å². The maximum atomic E-state index is 12.8. The predicted molar refractivity (Wildman–Crippen MR) is 76.9 cm³/mol. The van der Waals surface area contributed by atoms with E-state index < -0.39 is 12.0 Å². The first kappa shape index (κ1) is 14.0. The summed E-state index contributed by atoms with van der Waals surface area (Å²) in [5.41, 5.74) is 1.40. The first-order valence-corrected chi connectivity index (χ1v) is 7.55. The van der Waals surface area contributed by atoms with Crippen molar-refractivity contribution in [2.45, 2.75) is 51.1 Å². The van der Waals surface area contributed by atoms with Crippen LogP contribution in [0.1, 0.15) is 48.0 Å². The number of aryl methyl sites for hydroxylation is 1. The Bertz CT molecular complexity index is 572. The molecule has 5 nitrogen and oxygen atoms in total. The Morgan fingerprint density at radius 3 is 2.76 bits per heavy atom. The molecule has 0 aromatic carbocycles. The van der Waals surface area contributed by atoms with Gasteiger partial charge in [-0.2, -0.15) is 0 Å². The Morgan fingerprint density at radius 2 is 2.05 bits per heavy atom. The molecule has 5 heteroatoms. The van der Waals surface area contributed by atoms with Crippen molar-refractivity contribution in [3.8, 4) is 0 Å². The maximum Gasteiger partial charge on any atom is 0.326 e. The predicted octanol–water partition coefficient (Wildman–Crippen LogP) is 2.25. The Kier molecular flexibility index (Phi) is 3.66. The molecule has 2 heterocycles. The number of amides is 1. The number of nitrogens with zero attached hydrogens (tertiary/aromatic N) is 2. The lowest BCUT2D eigenvalue weighted by Gasteiger charge is -2.33. The van der Waals surface area contributed by atoms with Gasteiger partial charge in [0.05, 0.1) is 5.56 Å². The minimum absolute atomic E-state index is 0.0767. The molecule has 1 amide bonds. The van der Waals surface area contributed by atoms with Crippen molar-refractivity contribution >= 4 is 11.9 Å². The van der Waals surface area contributed by atoms with E-state index in [2.05, 4.69) is 4.98 Å². The molecule has 2 fully saturated rings. The van der Waals surface area contributed by atoms with Gasteiger partial charge in [-0.1, -0.05) is 12.8 Å². The number of pyridine rings is 1. The monoisotopic (exact) mass is 288 g/mol. The van der Waals surface area contributed by atoms with Crippen LogP contribution in [-0.4, -0.2) is 39.0 Å².